The zero-order valence-electron chi connectivity index (χ0n) is 30.1. The van der Waals surface area contributed by atoms with Crippen LogP contribution in [0.3, 0.4) is 0 Å². The van der Waals surface area contributed by atoms with E-state index in [1.54, 1.807) is 6.07 Å². The van der Waals surface area contributed by atoms with E-state index in [1.165, 1.54) is 10.9 Å². The van der Waals surface area contributed by atoms with Gasteiger partial charge in [0.1, 0.15) is 22.7 Å². The number of rotatable bonds is 6. The Balaban J connectivity index is 0.00000397. The summed E-state index contributed by atoms with van der Waals surface area (Å²) in [7, 11) is 0. The Hall–Kier alpha value is -6.29. The van der Waals surface area contributed by atoms with E-state index in [9.17, 15) is 5.11 Å². The van der Waals surface area contributed by atoms with Gasteiger partial charge in [0.25, 0.3) is 0 Å². The molecule has 55 heavy (non-hydrogen) atoms. The molecule has 0 amide bonds. The quantitative estimate of drug-likeness (QED) is 0.169. The van der Waals surface area contributed by atoms with Gasteiger partial charge >= 0.3 is 0 Å². The molecule has 7 aromatic carbocycles. The van der Waals surface area contributed by atoms with Crippen LogP contribution in [0, 0.1) is 6.07 Å². The maximum Gasteiger partial charge on any atom is 0.148 e. The average Bonchev–Trinajstić information content (AvgIpc) is 3.80. The third-order valence-corrected chi connectivity index (χ3v) is 10.7. The Bertz CT molecular complexity index is 3040. The molecule has 0 radical (unpaired) electrons. The molecule has 0 fully saturated rings. The van der Waals surface area contributed by atoms with Crippen molar-refractivity contribution in [3.63, 3.8) is 0 Å². The molecule has 0 aliphatic rings. The number of imidazole rings is 1. The van der Waals surface area contributed by atoms with E-state index in [2.05, 4.69) is 128 Å². The molecule has 0 bridgehead atoms. The van der Waals surface area contributed by atoms with E-state index in [0.29, 0.717) is 11.4 Å². The summed E-state index contributed by atoms with van der Waals surface area (Å²) in [5.41, 5.74) is 10.4. The number of pyridine rings is 1. The fourth-order valence-electron chi connectivity index (χ4n) is 7.82. The topological polar surface area (TPSA) is 64.1 Å². The van der Waals surface area contributed by atoms with Gasteiger partial charge < -0.3 is 9.52 Å². The van der Waals surface area contributed by atoms with Crippen molar-refractivity contribution in [2.24, 2.45) is 0 Å². The van der Waals surface area contributed by atoms with E-state index in [-0.39, 0.29) is 32.2 Å². The van der Waals surface area contributed by atoms with Crippen LogP contribution in [-0.4, -0.2) is 19.6 Å². The van der Waals surface area contributed by atoms with Gasteiger partial charge in [-0.2, -0.15) is 0 Å². The Morgan fingerprint density at radius 2 is 1.35 bits per heavy atom. The molecule has 10 rings (SSSR count). The number of hydrogen-bond donors (Lipinski definition) is 1. The third-order valence-electron chi connectivity index (χ3n) is 10.7. The number of fused-ring (bicyclic) bond motifs is 6. The predicted molar refractivity (Wildman–Crippen MR) is 219 cm³/mol. The van der Waals surface area contributed by atoms with Gasteiger partial charge in [-0.15, -0.1) is 29.3 Å². The summed E-state index contributed by atoms with van der Waals surface area (Å²) in [6, 6.07) is 57.2. The number of phenols is 1. The number of para-hydroxylation sites is 3. The molecule has 0 atom stereocenters. The van der Waals surface area contributed by atoms with Crippen LogP contribution in [0.2, 0.25) is 0 Å². The molecule has 0 aliphatic carbocycles. The van der Waals surface area contributed by atoms with Crippen molar-refractivity contribution < 1.29 is 30.6 Å². The first-order valence-electron chi connectivity index (χ1n) is 18.1. The molecule has 0 saturated heterocycles. The summed E-state index contributed by atoms with van der Waals surface area (Å²) in [4.78, 5) is 10.4. The Labute approximate surface area is 332 Å². The van der Waals surface area contributed by atoms with Gasteiger partial charge in [0.15, 0.2) is 0 Å². The minimum atomic E-state index is -0.347. The number of hydrogen-bond acceptors (Lipinski definition) is 4. The second kappa shape index (κ2) is 13.5. The van der Waals surface area contributed by atoms with E-state index >= 15 is 0 Å². The van der Waals surface area contributed by atoms with Crippen LogP contribution < -0.4 is 0 Å². The Kier molecular flexibility index (Phi) is 8.48. The largest absolute Gasteiger partial charge is 0.507 e. The maximum absolute atomic E-state index is 11.0. The van der Waals surface area contributed by atoms with Crippen LogP contribution in [0.4, 0.5) is 0 Å². The van der Waals surface area contributed by atoms with Gasteiger partial charge in [-0.3, -0.25) is 9.55 Å². The molecule has 0 saturated carbocycles. The van der Waals surface area contributed by atoms with Crippen molar-refractivity contribution in [2.75, 3.05) is 0 Å². The normalized spacial score (nSPS) is 11.7. The molecule has 1 N–H and O–H groups in total. The number of benzene rings is 7. The van der Waals surface area contributed by atoms with Crippen molar-refractivity contribution in [2.45, 2.75) is 19.3 Å². The smallest absolute Gasteiger partial charge is 0.148 e. The summed E-state index contributed by atoms with van der Waals surface area (Å²) in [5.74, 6) is 0.833. The number of phenolic OH excluding ortho intramolecular Hbond substituents is 1. The monoisotopic (exact) mass is 891 g/mol. The number of furan rings is 1. The van der Waals surface area contributed by atoms with Crippen molar-refractivity contribution in [1.29, 1.82) is 0 Å². The summed E-state index contributed by atoms with van der Waals surface area (Å²) >= 11 is 0. The molecular weight excluding hydrogens is 858 g/mol. The molecule has 0 aliphatic heterocycles. The van der Waals surface area contributed by atoms with Crippen LogP contribution in [-0.2, 0) is 26.5 Å². The van der Waals surface area contributed by atoms with Crippen LogP contribution in [0.5, 0.6) is 5.75 Å². The van der Waals surface area contributed by atoms with Gasteiger partial charge in [0.2, 0.25) is 0 Å². The van der Waals surface area contributed by atoms with Crippen LogP contribution >= 0.6 is 0 Å². The second-order valence-corrected chi connectivity index (χ2v) is 14.3. The number of nitrogens with zero attached hydrogens (tertiary/aromatic N) is 3. The van der Waals surface area contributed by atoms with E-state index in [1.807, 2.05) is 54.7 Å². The van der Waals surface area contributed by atoms with Gasteiger partial charge in [-0.1, -0.05) is 128 Å². The summed E-state index contributed by atoms with van der Waals surface area (Å²) in [6.07, 6.45) is 1.94. The van der Waals surface area contributed by atoms with Crippen LogP contribution in [0.15, 0.2) is 168 Å². The molecule has 6 heteroatoms. The number of aromatic hydroxyl groups is 1. The maximum atomic E-state index is 11.0. The minimum absolute atomic E-state index is 0. The molecule has 3 heterocycles. The van der Waals surface area contributed by atoms with Gasteiger partial charge in [-0.25, -0.2) is 4.98 Å². The van der Waals surface area contributed by atoms with Crippen LogP contribution in [0.1, 0.15) is 25.0 Å². The predicted octanol–water partition coefficient (Wildman–Crippen LogP) is 12.3. The second-order valence-electron chi connectivity index (χ2n) is 14.3. The van der Waals surface area contributed by atoms with Crippen molar-refractivity contribution in [3.05, 3.63) is 181 Å². The molecule has 3 aromatic heterocycles. The summed E-state index contributed by atoms with van der Waals surface area (Å²) in [5, 5.41) is 15.4. The van der Waals surface area contributed by atoms with Crippen LogP contribution in [0.25, 0.3) is 83.2 Å². The van der Waals surface area contributed by atoms with Gasteiger partial charge in [0, 0.05) is 54.8 Å². The van der Waals surface area contributed by atoms with E-state index < -0.39 is 0 Å². The summed E-state index contributed by atoms with van der Waals surface area (Å²) < 4.78 is 8.60. The molecular formula is C49H34N3O2Pt-. The fourth-order valence-corrected chi connectivity index (χ4v) is 7.82. The Morgan fingerprint density at radius 1 is 0.636 bits per heavy atom. The minimum Gasteiger partial charge on any atom is -0.507 e. The molecule has 0 spiro atoms. The number of aromatic nitrogens is 3. The SMILES string of the molecule is CC(C)(c1ccccc1)c1cc(-c2cc3oc4ccc5ccccc5c4c3cn2)[c-]c(-c2cccc3c2nc(-c2ccccc2O)n3-c2ccccc2)c1.[Pt]. The molecule has 5 nitrogen and oxygen atoms in total. The standard InChI is InChI=1S/C49H34N3O2.Pt/c1-49(2,34-15-5-3-6-16-34)35-27-32(26-33(28-35)41-29-45-40(30-50-41)46-37-19-10-9-14-31(37)24-25-44(46)54-45)38-21-13-22-42-47(38)51-48(39-20-11-12-23-43(39)53)52(42)36-17-7-4-8-18-36;/h3-25,27-30,53H,1-2H3;/q-1;. The Morgan fingerprint density at radius 3 is 2.16 bits per heavy atom. The third kappa shape index (κ3) is 5.75. The van der Waals surface area contributed by atoms with Crippen molar-refractivity contribution >= 4 is 43.7 Å². The molecule has 0 unspecified atom stereocenters. The van der Waals surface area contributed by atoms with Crippen molar-refractivity contribution in [1.82, 2.24) is 14.5 Å². The fraction of sp³-hybridized carbons (Fsp3) is 0.0612. The summed E-state index contributed by atoms with van der Waals surface area (Å²) in [6.45, 7) is 4.51. The molecule has 10 aromatic rings. The zero-order valence-corrected chi connectivity index (χ0v) is 32.4. The first-order chi connectivity index (χ1) is 26.4. The van der Waals surface area contributed by atoms with Gasteiger partial charge in [0.05, 0.1) is 16.6 Å². The van der Waals surface area contributed by atoms with E-state index in [0.717, 1.165) is 72.0 Å². The molecule has 268 valence electrons. The van der Waals surface area contributed by atoms with Crippen molar-refractivity contribution in [3.8, 4) is 45.2 Å². The van der Waals surface area contributed by atoms with Gasteiger partial charge in [-0.05, 0) is 58.8 Å². The van der Waals surface area contributed by atoms with E-state index in [4.69, 9.17) is 14.4 Å². The first-order valence-corrected chi connectivity index (χ1v) is 18.1. The zero-order chi connectivity index (χ0) is 36.4. The average molecular weight is 892 g/mol. The first kappa shape index (κ1) is 34.5.